The van der Waals surface area contributed by atoms with Crippen molar-refractivity contribution in [2.75, 3.05) is 0 Å². The van der Waals surface area contributed by atoms with E-state index >= 15 is 0 Å². The van der Waals surface area contributed by atoms with Gasteiger partial charge in [0.15, 0.2) is 0 Å². The molecule has 3 aromatic rings. The number of hydrogen-bond acceptors (Lipinski definition) is 4. The Labute approximate surface area is 169 Å². The lowest BCUT2D eigenvalue weighted by Gasteiger charge is -2.16. The number of rotatable bonds is 6. The Bertz CT molecular complexity index is 1030. The van der Waals surface area contributed by atoms with Gasteiger partial charge in [0, 0.05) is 0 Å². The van der Waals surface area contributed by atoms with Gasteiger partial charge in [0.1, 0.15) is 12.1 Å². The fraction of sp³-hybridized carbons (Fsp3) is 0.174. The Kier molecular flexibility index (Phi) is 6.36. The first-order valence-corrected chi connectivity index (χ1v) is 9.37. The first-order chi connectivity index (χ1) is 14.0. The average Bonchev–Trinajstić information content (AvgIpc) is 2.74. The number of hydrogen-bond donors (Lipinski definition) is 3. The molecule has 0 aliphatic rings. The van der Waals surface area contributed by atoms with Gasteiger partial charge in [0.25, 0.3) is 0 Å². The maximum absolute atomic E-state index is 12.4. The zero-order valence-electron chi connectivity index (χ0n) is 16.1. The summed E-state index contributed by atoms with van der Waals surface area (Å²) in [5.74, 6) is -1.52. The van der Waals surface area contributed by atoms with Crippen molar-refractivity contribution in [3.8, 4) is 0 Å². The highest BCUT2D eigenvalue weighted by Crippen LogP contribution is 2.18. The molecule has 0 fully saturated rings. The van der Waals surface area contributed by atoms with Crippen molar-refractivity contribution in [3.63, 3.8) is 0 Å². The number of imide groups is 1. The van der Waals surface area contributed by atoms with Crippen molar-refractivity contribution < 1.29 is 14.4 Å². The molecule has 6 nitrogen and oxygen atoms in total. The molecule has 4 N–H and O–H groups in total. The minimum Gasteiger partial charge on any atom is -0.344 e. The molecule has 0 radical (unpaired) electrons. The van der Waals surface area contributed by atoms with E-state index in [4.69, 9.17) is 5.73 Å². The maximum Gasteiger partial charge on any atom is 0.248 e. The molecule has 0 aliphatic carbocycles. The van der Waals surface area contributed by atoms with E-state index in [0.717, 1.165) is 16.3 Å². The highest BCUT2D eigenvalue weighted by molar-refractivity contribution is 6.01. The number of amides is 3. The molecule has 6 heteroatoms. The van der Waals surface area contributed by atoms with Crippen molar-refractivity contribution in [2.45, 2.75) is 25.4 Å². The third-order valence-electron chi connectivity index (χ3n) is 4.69. The molecule has 29 heavy (non-hydrogen) atoms. The van der Waals surface area contributed by atoms with Crippen LogP contribution in [0.4, 0.5) is 0 Å². The van der Waals surface area contributed by atoms with Gasteiger partial charge in [-0.15, -0.1) is 0 Å². The number of benzene rings is 3. The van der Waals surface area contributed by atoms with Gasteiger partial charge in [-0.25, -0.2) is 0 Å². The minimum absolute atomic E-state index is 0.135. The zero-order valence-corrected chi connectivity index (χ0v) is 16.1. The third-order valence-corrected chi connectivity index (χ3v) is 4.69. The highest BCUT2D eigenvalue weighted by atomic mass is 16.2. The van der Waals surface area contributed by atoms with E-state index < -0.39 is 23.9 Å². The van der Waals surface area contributed by atoms with Crippen LogP contribution in [0.15, 0.2) is 72.8 Å². The van der Waals surface area contributed by atoms with Gasteiger partial charge >= 0.3 is 0 Å². The van der Waals surface area contributed by atoms with E-state index in [0.29, 0.717) is 5.56 Å². The van der Waals surface area contributed by atoms with Gasteiger partial charge in [-0.3, -0.25) is 19.7 Å². The van der Waals surface area contributed by atoms with Crippen LogP contribution in [0.5, 0.6) is 0 Å². The first kappa shape index (κ1) is 20.2. The van der Waals surface area contributed by atoms with Gasteiger partial charge in [-0.05, 0) is 28.8 Å². The van der Waals surface area contributed by atoms with Crippen LogP contribution in [-0.2, 0) is 20.8 Å². The number of fused-ring (bicyclic) bond motifs is 1. The van der Waals surface area contributed by atoms with Crippen LogP contribution in [0.2, 0.25) is 0 Å². The summed E-state index contributed by atoms with van der Waals surface area (Å²) in [7, 11) is 0. The lowest BCUT2D eigenvalue weighted by molar-refractivity contribution is -0.134. The zero-order chi connectivity index (χ0) is 20.8. The van der Waals surface area contributed by atoms with E-state index in [1.54, 1.807) is 24.3 Å². The molecule has 148 valence electrons. The normalized spacial score (nSPS) is 12.8. The molecule has 0 saturated heterocycles. The summed E-state index contributed by atoms with van der Waals surface area (Å²) in [6, 6.07) is 20.5. The molecule has 0 saturated carbocycles. The van der Waals surface area contributed by atoms with Crippen LogP contribution in [-0.4, -0.2) is 23.8 Å². The van der Waals surface area contributed by atoms with Crippen LogP contribution in [0, 0.1) is 0 Å². The smallest absolute Gasteiger partial charge is 0.248 e. The van der Waals surface area contributed by atoms with E-state index in [9.17, 15) is 14.4 Å². The van der Waals surface area contributed by atoms with Crippen LogP contribution in [0.25, 0.3) is 10.8 Å². The van der Waals surface area contributed by atoms with Crippen molar-refractivity contribution in [1.29, 1.82) is 0 Å². The number of nitrogens with two attached hydrogens (primary N) is 1. The molecule has 0 heterocycles. The largest absolute Gasteiger partial charge is 0.344 e. The summed E-state index contributed by atoms with van der Waals surface area (Å²) < 4.78 is 0. The molecule has 0 spiro atoms. The average molecular weight is 389 g/mol. The molecular formula is C23H23N3O3. The number of carbonyl (C=O) groups is 3. The highest BCUT2D eigenvalue weighted by Gasteiger charge is 2.22. The maximum atomic E-state index is 12.4. The summed E-state index contributed by atoms with van der Waals surface area (Å²) in [4.78, 5) is 36.9. The van der Waals surface area contributed by atoms with E-state index in [1.165, 1.54) is 6.92 Å². The van der Waals surface area contributed by atoms with Gasteiger partial charge in [-0.1, -0.05) is 72.8 Å². The standard InChI is InChI=1S/C23H23N3O3/c1-15(22(28)26-23(29)21(24)17-9-3-2-4-10-17)25-20(27)14-18-12-7-11-16-8-5-6-13-19(16)18/h2-13,15,21H,14,24H2,1H3,(H,25,27)(H,26,28,29)/t15-,21+/m0/s1. The topological polar surface area (TPSA) is 101 Å². The Morgan fingerprint density at radius 1 is 0.862 bits per heavy atom. The van der Waals surface area contributed by atoms with Crippen molar-refractivity contribution in [2.24, 2.45) is 5.73 Å². The van der Waals surface area contributed by atoms with Crippen LogP contribution in [0.1, 0.15) is 24.1 Å². The predicted molar refractivity (Wildman–Crippen MR) is 112 cm³/mol. The second-order valence-electron chi connectivity index (χ2n) is 6.85. The monoisotopic (exact) mass is 389 g/mol. The summed E-state index contributed by atoms with van der Waals surface area (Å²) in [6.45, 7) is 1.53. The van der Waals surface area contributed by atoms with E-state index in [1.807, 2.05) is 48.5 Å². The second-order valence-corrected chi connectivity index (χ2v) is 6.85. The van der Waals surface area contributed by atoms with Gasteiger partial charge < -0.3 is 11.1 Å². The molecule has 0 aliphatic heterocycles. The lowest BCUT2D eigenvalue weighted by Crippen LogP contribution is -2.49. The van der Waals surface area contributed by atoms with Gasteiger partial charge in [0.05, 0.1) is 6.42 Å². The third kappa shape index (κ3) is 5.06. The summed E-state index contributed by atoms with van der Waals surface area (Å²) in [6.07, 6.45) is 0.135. The molecular weight excluding hydrogens is 366 g/mol. The molecule has 0 unspecified atom stereocenters. The minimum atomic E-state index is -0.960. The lowest BCUT2D eigenvalue weighted by atomic mass is 10.0. The van der Waals surface area contributed by atoms with Crippen molar-refractivity contribution in [1.82, 2.24) is 10.6 Å². The van der Waals surface area contributed by atoms with E-state index in [2.05, 4.69) is 10.6 Å². The predicted octanol–water partition coefficient (Wildman–Crippen LogP) is 2.23. The fourth-order valence-corrected chi connectivity index (χ4v) is 3.10. The Morgan fingerprint density at radius 3 is 2.28 bits per heavy atom. The quantitative estimate of drug-likeness (QED) is 0.602. The van der Waals surface area contributed by atoms with E-state index in [-0.39, 0.29) is 12.3 Å². The van der Waals surface area contributed by atoms with Crippen molar-refractivity contribution in [3.05, 3.63) is 83.9 Å². The van der Waals surface area contributed by atoms with Crippen LogP contribution in [0.3, 0.4) is 0 Å². The molecule has 3 rings (SSSR count). The number of carbonyl (C=O) groups excluding carboxylic acids is 3. The summed E-state index contributed by atoms with van der Waals surface area (Å²) >= 11 is 0. The summed E-state index contributed by atoms with van der Waals surface area (Å²) in [5, 5.41) is 6.93. The van der Waals surface area contributed by atoms with Crippen LogP contribution < -0.4 is 16.4 Å². The Morgan fingerprint density at radius 2 is 1.52 bits per heavy atom. The second kappa shape index (κ2) is 9.12. The van der Waals surface area contributed by atoms with Crippen LogP contribution >= 0.6 is 0 Å². The molecule has 2 atom stereocenters. The Hall–Kier alpha value is -3.51. The SMILES string of the molecule is C[C@H](NC(=O)Cc1cccc2ccccc12)C(=O)NC(=O)[C@H](N)c1ccccc1. The first-order valence-electron chi connectivity index (χ1n) is 9.37. The van der Waals surface area contributed by atoms with Gasteiger partial charge in [0.2, 0.25) is 17.7 Å². The fourth-order valence-electron chi connectivity index (χ4n) is 3.10. The van der Waals surface area contributed by atoms with Crippen molar-refractivity contribution >= 4 is 28.5 Å². The molecule has 3 amide bonds. The number of nitrogens with one attached hydrogen (secondary N) is 2. The summed E-state index contributed by atoms with van der Waals surface area (Å²) in [5.41, 5.74) is 7.36. The van der Waals surface area contributed by atoms with Gasteiger partial charge in [-0.2, -0.15) is 0 Å². The molecule has 0 bridgehead atoms. The molecule has 0 aromatic heterocycles. The Balaban J connectivity index is 1.57. The molecule has 3 aromatic carbocycles.